The average Bonchev–Trinajstić information content (AvgIpc) is 3.16. The van der Waals surface area contributed by atoms with Crippen molar-refractivity contribution < 1.29 is 66.4 Å². The summed E-state index contributed by atoms with van der Waals surface area (Å²) >= 11 is 0. The van der Waals surface area contributed by atoms with E-state index in [1.54, 1.807) is 30.3 Å². The number of carbonyl (C=O) groups is 1. The molecule has 0 saturated carbocycles. The monoisotopic (exact) mass is 728 g/mol. The molecule has 0 spiro atoms. The molecule has 0 aliphatic carbocycles. The summed E-state index contributed by atoms with van der Waals surface area (Å²) in [6.07, 6.45) is 0. The van der Waals surface area contributed by atoms with E-state index in [2.05, 4.69) is 0 Å². The number of ether oxygens (including phenoxy) is 13. The fourth-order valence-electron chi connectivity index (χ4n) is 5.04. The molecule has 0 unspecified atom stereocenters. The zero-order chi connectivity index (χ0) is 36.1. The van der Waals surface area contributed by atoms with Gasteiger partial charge < -0.3 is 61.6 Å². The smallest absolute Gasteiger partial charge is 0.341 e. The Labute approximate surface area is 303 Å². The van der Waals surface area contributed by atoms with E-state index in [4.69, 9.17) is 61.6 Å². The first-order valence-electron chi connectivity index (χ1n) is 17.4. The van der Waals surface area contributed by atoms with Gasteiger partial charge in [-0.2, -0.15) is 0 Å². The highest BCUT2D eigenvalue weighted by Gasteiger charge is 2.16. The number of hydrogen-bond donors (Lipinski definition) is 0. The Balaban J connectivity index is 1.40. The van der Waals surface area contributed by atoms with Gasteiger partial charge in [0.15, 0.2) is 0 Å². The second kappa shape index (κ2) is 22.6. The van der Waals surface area contributed by atoms with Gasteiger partial charge in [0.05, 0.1) is 86.4 Å². The minimum atomic E-state index is -0.569. The van der Waals surface area contributed by atoms with Crippen molar-refractivity contribution in [3.05, 3.63) is 71.3 Å². The summed E-state index contributed by atoms with van der Waals surface area (Å²) in [7, 11) is 1.32. The van der Waals surface area contributed by atoms with Gasteiger partial charge in [0.1, 0.15) is 79.7 Å². The molecule has 3 aromatic rings. The summed E-state index contributed by atoms with van der Waals surface area (Å²) in [6.45, 7) is 6.39. The highest BCUT2D eigenvalue weighted by molar-refractivity contribution is 5.93. The van der Waals surface area contributed by atoms with Gasteiger partial charge in [0, 0.05) is 12.1 Å². The number of esters is 1. The number of rotatable bonds is 1. The molecule has 0 aromatic heterocycles. The molecule has 8 bridgehead atoms. The molecule has 0 amide bonds. The lowest BCUT2D eigenvalue weighted by atomic mass is 10.1. The van der Waals surface area contributed by atoms with E-state index in [1.165, 1.54) is 7.11 Å². The molecule has 4 aliphatic rings. The van der Waals surface area contributed by atoms with Crippen LogP contribution in [0.1, 0.15) is 21.5 Å². The van der Waals surface area contributed by atoms with E-state index >= 15 is 0 Å². The van der Waals surface area contributed by atoms with Gasteiger partial charge in [0.2, 0.25) is 0 Å². The van der Waals surface area contributed by atoms with Crippen LogP contribution in [0.25, 0.3) is 0 Å². The van der Waals surface area contributed by atoms with E-state index < -0.39 is 5.97 Å². The lowest BCUT2D eigenvalue weighted by Crippen LogP contribution is -2.15. The van der Waals surface area contributed by atoms with Gasteiger partial charge in [-0.25, -0.2) is 4.79 Å². The van der Waals surface area contributed by atoms with Crippen LogP contribution in [-0.4, -0.2) is 119 Å². The quantitative estimate of drug-likeness (QED) is 0.261. The molecule has 14 heteroatoms. The largest absolute Gasteiger partial charge is 0.491 e. The molecule has 284 valence electrons. The highest BCUT2D eigenvalue weighted by Crippen LogP contribution is 2.30. The van der Waals surface area contributed by atoms with Gasteiger partial charge in [-0.15, -0.1) is 0 Å². The van der Waals surface area contributed by atoms with Crippen molar-refractivity contribution in [2.24, 2.45) is 0 Å². The normalized spacial score (nSPS) is 18.0. The first kappa shape index (κ1) is 38.9. The fraction of sp³-hybridized carbons (Fsp3) is 0.500. The molecule has 0 saturated heterocycles. The van der Waals surface area contributed by atoms with Crippen LogP contribution in [0.5, 0.6) is 34.5 Å². The summed E-state index contributed by atoms with van der Waals surface area (Å²) in [4.78, 5) is 12.9. The van der Waals surface area contributed by atoms with Crippen molar-refractivity contribution >= 4 is 5.97 Å². The topological polar surface area (TPSA) is 137 Å². The van der Waals surface area contributed by atoms with Crippen LogP contribution < -0.4 is 28.4 Å². The Hall–Kier alpha value is -4.31. The molecular weight excluding hydrogens is 680 g/mol. The lowest BCUT2D eigenvalue weighted by Gasteiger charge is -2.16. The average molecular weight is 729 g/mol. The second-order valence-corrected chi connectivity index (χ2v) is 11.4. The van der Waals surface area contributed by atoms with E-state index in [9.17, 15) is 4.79 Å². The third-order valence-electron chi connectivity index (χ3n) is 7.51. The molecule has 4 aliphatic heterocycles. The van der Waals surface area contributed by atoms with Crippen molar-refractivity contribution in [1.82, 2.24) is 0 Å². The Morgan fingerprint density at radius 3 is 1.17 bits per heavy atom. The summed E-state index contributed by atoms with van der Waals surface area (Å²) < 4.78 is 75.3. The fourth-order valence-corrected chi connectivity index (χ4v) is 5.04. The molecule has 52 heavy (non-hydrogen) atoms. The van der Waals surface area contributed by atoms with E-state index in [1.807, 2.05) is 24.3 Å². The molecular formula is C38H48O14. The van der Waals surface area contributed by atoms with Crippen molar-refractivity contribution in [2.75, 3.05) is 113 Å². The molecule has 0 atom stereocenters. The number of hydrogen-bond acceptors (Lipinski definition) is 14. The lowest BCUT2D eigenvalue weighted by molar-refractivity contribution is 0.00432. The minimum Gasteiger partial charge on any atom is -0.491 e. The molecule has 4 heterocycles. The van der Waals surface area contributed by atoms with Crippen molar-refractivity contribution in [2.45, 2.75) is 13.2 Å². The van der Waals surface area contributed by atoms with Crippen molar-refractivity contribution in [1.29, 1.82) is 0 Å². The van der Waals surface area contributed by atoms with Gasteiger partial charge in [-0.05, 0) is 53.6 Å². The Morgan fingerprint density at radius 1 is 0.423 bits per heavy atom. The van der Waals surface area contributed by atoms with Crippen LogP contribution in [0.2, 0.25) is 0 Å². The number of carbonyl (C=O) groups excluding carboxylic acids is 1. The van der Waals surface area contributed by atoms with Gasteiger partial charge in [0.25, 0.3) is 0 Å². The molecule has 14 nitrogen and oxygen atoms in total. The third-order valence-corrected chi connectivity index (χ3v) is 7.51. The molecule has 0 radical (unpaired) electrons. The Bertz CT molecular complexity index is 1430. The summed E-state index contributed by atoms with van der Waals surface area (Å²) in [5, 5.41) is 0. The Morgan fingerprint density at radius 2 is 0.788 bits per heavy atom. The van der Waals surface area contributed by atoms with Crippen LogP contribution in [0.4, 0.5) is 0 Å². The van der Waals surface area contributed by atoms with Crippen LogP contribution in [0.15, 0.2) is 54.6 Å². The van der Waals surface area contributed by atoms with Crippen LogP contribution in [0, 0.1) is 0 Å². The van der Waals surface area contributed by atoms with E-state index in [0.29, 0.717) is 140 Å². The summed E-state index contributed by atoms with van der Waals surface area (Å²) in [5.41, 5.74) is 1.75. The summed E-state index contributed by atoms with van der Waals surface area (Å²) in [6, 6.07) is 16.0. The standard InChI is InChI=1S/C38H48O14/c1-40-38(39)36-26-31-2-3-37(36)52-28-30-22-34-25-35(23-30)50-19-15-46-11-7-42-5-9-44-13-17-48-33-21-29(27-51-31)20-32(24-33)47-16-12-43-8-4-41-6-10-45-14-18-49-34/h2-3,20-26H,4-19,27-28H2,1H3. The van der Waals surface area contributed by atoms with Crippen LogP contribution >= 0.6 is 0 Å². The van der Waals surface area contributed by atoms with Gasteiger partial charge >= 0.3 is 5.97 Å². The van der Waals surface area contributed by atoms with E-state index in [-0.39, 0.29) is 18.8 Å². The van der Waals surface area contributed by atoms with E-state index in [0.717, 1.165) is 11.1 Å². The number of methoxy groups -OCH3 is 1. The van der Waals surface area contributed by atoms with Crippen LogP contribution in [-0.2, 0) is 46.4 Å². The van der Waals surface area contributed by atoms with Gasteiger partial charge in [-0.3, -0.25) is 0 Å². The number of fused-ring (bicyclic) bond motifs is 24. The number of benzene rings is 3. The highest BCUT2D eigenvalue weighted by atomic mass is 16.6. The SMILES string of the molecule is COC(=O)c1cc2ccc1OCc1cc3cc(c1)OCCOCCOCCOCCOc1cc(cc(c1)OCCOCCOCCOCCO3)CO2. The van der Waals surface area contributed by atoms with Gasteiger partial charge in [-0.1, -0.05) is 0 Å². The first-order valence-corrected chi connectivity index (χ1v) is 17.4. The third kappa shape index (κ3) is 14.0. The minimum absolute atomic E-state index is 0.114. The second-order valence-electron chi connectivity index (χ2n) is 11.4. The zero-order valence-electron chi connectivity index (χ0n) is 29.6. The maximum atomic E-state index is 12.9. The molecule has 0 N–H and O–H groups in total. The molecule has 7 rings (SSSR count). The predicted octanol–water partition coefficient (Wildman–Crippen LogP) is 4.27. The first-order chi connectivity index (χ1) is 25.7. The maximum Gasteiger partial charge on any atom is 0.341 e. The molecule has 3 aromatic carbocycles. The van der Waals surface area contributed by atoms with Crippen molar-refractivity contribution in [3.8, 4) is 34.5 Å². The maximum absolute atomic E-state index is 12.9. The van der Waals surface area contributed by atoms with Crippen molar-refractivity contribution in [3.63, 3.8) is 0 Å². The zero-order valence-corrected chi connectivity index (χ0v) is 29.6. The molecule has 0 fully saturated rings. The summed E-state index contributed by atoms with van der Waals surface area (Å²) in [5.74, 6) is 2.52. The van der Waals surface area contributed by atoms with Crippen LogP contribution in [0.3, 0.4) is 0 Å². The Kier molecular flexibility index (Phi) is 16.9. The predicted molar refractivity (Wildman–Crippen MR) is 186 cm³/mol.